The lowest BCUT2D eigenvalue weighted by atomic mass is 9.49. The van der Waals surface area contributed by atoms with Crippen LogP contribution in [0.2, 0.25) is 0 Å². The number of alkyl carbamates (subject to hydrolysis) is 1. The number of unbranched alkanes of at least 4 members (excludes halogenated alkanes) is 1. The molecule has 0 aromatic heterocycles. The summed E-state index contributed by atoms with van der Waals surface area (Å²) in [5.41, 5.74) is 0.00629. The van der Waals surface area contributed by atoms with Gasteiger partial charge in [0.15, 0.2) is 0 Å². The fourth-order valence-corrected chi connectivity index (χ4v) is 6.76. The number of carbonyl (C=O) groups excluding carboxylic acids is 3. The van der Waals surface area contributed by atoms with Crippen LogP contribution < -0.4 is 10.6 Å². The van der Waals surface area contributed by atoms with Gasteiger partial charge in [-0.25, -0.2) is 9.59 Å². The van der Waals surface area contributed by atoms with Crippen molar-refractivity contribution in [3.8, 4) is 0 Å². The largest absolute Gasteiger partial charge is 0.458 e. The quantitative estimate of drug-likeness (QED) is 0.345. The van der Waals surface area contributed by atoms with Gasteiger partial charge in [-0.1, -0.05) is 30.3 Å². The van der Waals surface area contributed by atoms with E-state index in [-0.39, 0.29) is 23.9 Å². The van der Waals surface area contributed by atoms with E-state index < -0.39 is 17.7 Å². The molecule has 1 aromatic rings. The summed E-state index contributed by atoms with van der Waals surface area (Å²) in [4.78, 5) is 38.5. The van der Waals surface area contributed by atoms with E-state index in [1.54, 1.807) is 0 Å². The van der Waals surface area contributed by atoms with Crippen molar-refractivity contribution < 1.29 is 23.9 Å². The van der Waals surface area contributed by atoms with Crippen LogP contribution in [-0.2, 0) is 25.7 Å². The van der Waals surface area contributed by atoms with Crippen molar-refractivity contribution in [2.24, 2.45) is 23.2 Å². The van der Waals surface area contributed by atoms with Crippen LogP contribution in [0.15, 0.2) is 30.3 Å². The van der Waals surface area contributed by atoms with E-state index in [9.17, 15) is 14.4 Å². The Morgan fingerprint density at radius 1 is 0.972 bits per heavy atom. The third kappa shape index (κ3) is 7.01. The van der Waals surface area contributed by atoms with E-state index in [0.29, 0.717) is 43.6 Å². The minimum Gasteiger partial charge on any atom is -0.458 e. The van der Waals surface area contributed by atoms with Crippen molar-refractivity contribution in [1.29, 1.82) is 0 Å². The highest BCUT2D eigenvalue weighted by molar-refractivity contribution is 5.88. The Morgan fingerprint density at radius 2 is 1.58 bits per heavy atom. The molecule has 2 N–H and O–H groups in total. The van der Waals surface area contributed by atoms with Crippen LogP contribution in [-0.4, -0.2) is 36.2 Å². The summed E-state index contributed by atoms with van der Waals surface area (Å²) in [7, 11) is 0. The molecule has 4 aliphatic carbocycles. The van der Waals surface area contributed by atoms with Crippen LogP contribution in [0.5, 0.6) is 0 Å². The maximum Gasteiger partial charge on any atom is 0.407 e. The first-order valence-electron chi connectivity index (χ1n) is 13.6. The monoisotopic (exact) mass is 498 g/mol. The highest BCUT2D eigenvalue weighted by Gasteiger charge is 2.55. The smallest absolute Gasteiger partial charge is 0.407 e. The molecule has 0 heterocycles. The zero-order chi connectivity index (χ0) is 25.8. The first-order valence-corrected chi connectivity index (χ1v) is 13.6. The molecule has 4 saturated carbocycles. The van der Waals surface area contributed by atoms with Gasteiger partial charge >= 0.3 is 12.1 Å². The molecular weight excluding hydrogens is 456 g/mol. The topological polar surface area (TPSA) is 93.7 Å². The third-order valence-corrected chi connectivity index (χ3v) is 7.92. The van der Waals surface area contributed by atoms with Gasteiger partial charge in [0, 0.05) is 12.0 Å². The second kappa shape index (κ2) is 11.2. The molecule has 7 nitrogen and oxygen atoms in total. The second-order valence-electron chi connectivity index (χ2n) is 12.2. The molecule has 0 radical (unpaired) electrons. The third-order valence-electron chi connectivity index (χ3n) is 7.92. The van der Waals surface area contributed by atoms with Crippen molar-refractivity contribution in [3.63, 3.8) is 0 Å². The summed E-state index contributed by atoms with van der Waals surface area (Å²) in [6, 6.07) is 8.86. The first-order chi connectivity index (χ1) is 17.1. The molecule has 2 amide bonds. The van der Waals surface area contributed by atoms with E-state index in [1.165, 1.54) is 19.3 Å². The number of ether oxygens (including phenoxy) is 2. The Kier molecular flexibility index (Phi) is 8.26. The lowest BCUT2D eigenvalue weighted by molar-refractivity contribution is -0.161. The molecule has 0 spiro atoms. The number of carbonyl (C=O) groups is 3. The molecule has 1 aromatic carbocycles. The zero-order valence-corrected chi connectivity index (χ0v) is 22.0. The molecular formula is C29H42N2O5. The van der Waals surface area contributed by atoms with Gasteiger partial charge in [0.2, 0.25) is 5.91 Å². The molecule has 4 bridgehead atoms. The van der Waals surface area contributed by atoms with Crippen LogP contribution in [0, 0.1) is 23.2 Å². The molecule has 5 rings (SSSR count). The predicted octanol–water partition coefficient (Wildman–Crippen LogP) is 5.13. The van der Waals surface area contributed by atoms with Crippen molar-refractivity contribution in [2.45, 2.75) is 96.8 Å². The number of nitrogens with one attached hydrogen (secondary N) is 2. The molecule has 198 valence electrons. The lowest BCUT2D eigenvalue weighted by Gasteiger charge is -2.55. The number of hydrogen-bond donors (Lipinski definition) is 2. The number of rotatable bonds is 10. The Bertz CT molecular complexity index is 888. The zero-order valence-electron chi connectivity index (χ0n) is 22.0. The highest BCUT2D eigenvalue weighted by Crippen LogP contribution is 2.60. The second-order valence-corrected chi connectivity index (χ2v) is 12.2. The van der Waals surface area contributed by atoms with Crippen molar-refractivity contribution in [2.75, 3.05) is 6.54 Å². The van der Waals surface area contributed by atoms with Crippen LogP contribution in [0.3, 0.4) is 0 Å². The summed E-state index contributed by atoms with van der Waals surface area (Å²) in [5.74, 6) is 1.65. The normalized spacial score (nSPS) is 27.2. The van der Waals surface area contributed by atoms with Gasteiger partial charge in [-0.3, -0.25) is 4.79 Å². The maximum absolute atomic E-state index is 13.6. The average Bonchev–Trinajstić information content (AvgIpc) is 2.80. The first kappa shape index (κ1) is 26.5. The molecule has 1 atom stereocenters. The number of benzene rings is 1. The fraction of sp³-hybridized carbons (Fsp3) is 0.690. The number of esters is 1. The van der Waals surface area contributed by atoms with E-state index in [4.69, 9.17) is 9.47 Å². The number of amides is 2. The Labute approximate surface area is 215 Å². The SMILES string of the molecule is CC(C)(C)OC(=O)[C@H](CCCCNC(=O)OCc1ccccc1)NC(=O)C12CC3CC(CC(C3)C1)C2. The lowest BCUT2D eigenvalue weighted by Crippen LogP contribution is -2.56. The highest BCUT2D eigenvalue weighted by atomic mass is 16.6. The standard InChI is InChI=1S/C29H42N2O5/c1-28(2,3)36-25(32)24(11-7-8-12-30-27(34)35-19-20-9-5-4-6-10-20)31-26(33)29-16-21-13-22(17-29)15-23(14-21)18-29/h4-6,9-10,21-24H,7-8,11-19H2,1-3H3,(H,30,34)(H,31,33)/t21?,22?,23?,24-,29?/m0/s1. The molecule has 0 unspecified atom stereocenters. The van der Waals surface area contributed by atoms with Gasteiger partial charge in [-0.2, -0.15) is 0 Å². The van der Waals surface area contributed by atoms with Gasteiger partial charge in [0.05, 0.1) is 0 Å². The fourth-order valence-electron chi connectivity index (χ4n) is 6.76. The van der Waals surface area contributed by atoms with Crippen LogP contribution in [0.25, 0.3) is 0 Å². The summed E-state index contributed by atoms with van der Waals surface area (Å²) < 4.78 is 10.9. The summed E-state index contributed by atoms with van der Waals surface area (Å²) in [6.07, 6.45) is 8.04. The van der Waals surface area contributed by atoms with E-state index in [2.05, 4.69) is 10.6 Å². The molecule has 0 saturated heterocycles. The molecule has 36 heavy (non-hydrogen) atoms. The van der Waals surface area contributed by atoms with Crippen LogP contribution in [0.4, 0.5) is 4.79 Å². The van der Waals surface area contributed by atoms with Gasteiger partial charge < -0.3 is 20.1 Å². The van der Waals surface area contributed by atoms with Gasteiger partial charge in [0.25, 0.3) is 0 Å². The molecule has 7 heteroatoms. The minimum absolute atomic E-state index is 0.0417. The summed E-state index contributed by atoms with van der Waals surface area (Å²) >= 11 is 0. The van der Waals surface area contributed by atoms with Gasteiger partial charge in [-0.15, -0.1) is 0 Å². The van der Waals surface area contributed by atoms with E-state index in [0.717, 1.165) is 24.8 Å². The maximum atomic E-state index is 13.6. The number of hydrogen-bond acceptors (Lipinski definition) is 5. The summed E-state index contributed by atoms with van der Waals surface area (Å²) in [5, 5.41) is 5.87. The van der Waals surface area contributed by atoms with Crippen molar-refractivity contribution in [1.82, 2.24) is 10.6 Å². The van der Waals surface area contributed by atoms with Gasteiger partial charge in [0.1, 0.15) is 18.2 Å². The van der Waals surface area contributed by atoms with E-state index >= 15 is 0 Å². The van der Waals surface area contributed by atoms with Gasteiger partial charge in [-0.05, 0) is 102 Å². The Hall–Kier alpha value is -2.57. The van der Waals surface area contributed by atoms with Crippen molar-refractivity contribution >= 4 is 18.0 Å². The Balaban J connectivity index is 1.25. The van der Waals surface area contributed by atoms with Crippen LogP contribution >= 0.6 is 0 Å². The Morgan fingerprint density at radius 3 is 2.17 bits per heavy atom. The predicted molar refractivity (Wildman–Crippen MR) is 137 cm³/mol. The molecule has 4 aliphatic rings. The van der Waals surface area contributed by atoms with Crippen LogP contribution in [0.1, 0.15) is 84.1 Å². The molecule has 4 fully saturated rings. The van der Waals surface area contributed by atoms with Crippen molar-refractivity contribution in [3.05, 3.63) is 35.9 Å². The van der Waals surface area contributed by atoms with E-state index in [1.807, 2.05) is 51.1 Å². The molecule has 0 aliphatic heterocycles. The summed E-state index contributed by atoms with van der Waals surface area (Å²) in [6.45, 7) is 6.19. The average molecular weight is 499 g/mol. The minimum atomic E-state index is -0.672.